The van der Waals surface area contributed by atoms with E-state index >= 15 is 0 Å². The lowest BCUT2D eigenvalue weighted by atomic mass is 9.98. The Labute approximate surface area is 128 Å². The SMILES string of the molecule is COCC1(Nc2cc(C(=O)OC)oc(=O)c2OC)CCCC1. The van der Waals surface area contributed by atoms with Gasteiger partial charge in [0, 0.05) is 13.2 Å². The van der Waals surface area contributed by atoms with E-state index in [0.29, 0.717) is 12.3 Å². The van der Waals surface area contributed by atoms with E-state index in [1.54, 1.807) is 7.11 Å². The minimum atomic E-state index is -0.724. The summed E-state index contributed by atoms with van der Waals surface area (Å²) in [4.78, 5) is 23.6. The second-order valence-electron chi connectivity index (χ2n) is 5.38. The summed E-state index contributed by atoms with van der Waals surface area (Å²) < 4.78 is 19.9. The molecule has 1 aliphatic rings. The number of nitrogens with one attached hydrogen (secondary N) is 1. The van der Waals surface area contributed by atoms with Crippen LogP contribution in [-0.4, -0.2) is 39.4 Å². The van der Waals surface area contributed by atoms with E-state index in [9.17, 15) is 9.59 Å². The van der Waals surface area contributed by atoms with Crippen LogP contribution in [0.2, 0.25) is 0 Å². The number of carbonyl (C=O) groups is 1. The summed E-state index contributed by atoms with van der Waals surface area (Å²) in [6.07, 6.45) is 3.98. The average Bonchev–Trinajstić information content (AvgIpc) is 2.94. The van der Waals surface area contributed by atoms with Crippen molar-refractivity contribution in [2.45, 2.75) is 31.2 Å². The zero-order chi connectivity index (χ0) is 16.2. The van der Waals surface area contributed by atoms with E-state index in [0.717, 1.165) is 25.7 Å². The van der Waals surface area contributed by atoms with Gasteiger partial charge >= 0.3 is 11.6 Å². The predicted molar refractivity (Wildman–Crippen MR) is 79.6 cm³/mol. The van der Waals surface area contributed by atoms with Gasteiger partial charge in [-0.25, -0.2) is 9.59 Å². The lowest BCUT2D eigenvalue weighted by Crippen LogP contribution is -2.40. The highest BCUT2D eigenvalue weighted by atomic mass is 16.5. The number of hydrogen-bond donors (Lipinski definition) is 1. The first-order valence-corrected chi connectivity index (χ1v) is 7.13. The maximum atomic E-state index is 12.0. The lowest BCUT2D eigenvalue weighted by molar-refractivity contribution is 0.0559. The van der Waals surface area contributed by atoms with Crippen LogP contribution < -0.4 is 15.7 Å². The summed E-state index contributed by atoms with van der Waals surface area (Å²) >= 11 is 0. The van der Waals surface area contributed by atoms with E-state index < -0.39 is 11.6 Å². The summed E-state index contributed by atoms with van der Waals surface area (Å²) in [5.74, 6) is -0.841. The Hall–Kier alpha value is -2.02. The summed E-state index contributed by atoms with van der Waals surface area (Å²) in [5, 5.41) is 3.32. The van der Waals surface area contributed by atoms with Crippen LogP contribution in [0.15, 0.2) is 15.3 Å². The van der Waals surface area contributed by atoms with Crippen molar-refractivity contribution in [2.24, 2.45) is 0 Å². The number of anilines is 1. The highest BCUT2D eigenvalue weighted by Crippen LogP contribution is 2.35. The van der Waals surface area contributed by atoms with Crippen molar-refractivity contribution < 1.29 is 23.4 Å². The zero-order valence-electron chi connectivity index (χ0n) is 13.1. The quantitative estimate of drug-likeness (QED) is 0.802. The van der Waals surface area contributed by atoms with Crippen molar-refractivity contribution in [2.75, 3.05) is 33.3 Å². The van der Waals surface area contributed by atoms with Gasteiger partial charge in [-0.15, -0.1) is 0 Å². The molecule has 0 bridgehead atoms. The van der Waals surface area contributed by atoms with Crippen LogP contribution in [0.4, 0.5) is 5.69 Å². The maximum absolute atomic E-state index is 12.0. The predicted octanol–water partition coefficient (Wildman–Crippen LogP) is 1.81. The zero-order valence-corrected chi connectivity index (χ0v) is 13.1. The van der Waals surface area contributed by atoms with Crippen LogP contribution in [0.25, 0.3) is 0 Å². The van der Waals surface area contributed by atoms with Crippen molar-refractivity contribution in [3.05, 3.63) is 22.2 Å². The Balaban J connectivity index is 2.41. The van der Waals surface area contributed by atoms with Gasteiger partial charge in [-0.2, -0.15) is 0 Å². The topological polar surface area (TPSA) is 87.0 Å². The van der Waals surface area contributed by atoms with Crippen molar-refractivity contribution in [3.8, 4) is 5.75 Å². The third-order valence-corrected chi connectivity index (χ3v) is 3.88. The molecule has 1 heterocycles. The molecule has 1 saturated carbocycles. The van der Waals surface area contributed by atoms with E-state index in [-0.39, 0.29) is 17.0 Å². The Morgan fingerprint density at radius 3 is 2.55 bits per heavy atom. The monoisotopic (exact) mass is 311 g/mol. The summed E-state index contributed by atoms with van der Waals surface area (Å²) in [6, 6.07) is 1.43. The summed E-state index contributed by atoms with van der Waals surface area (Å²) in [6.45, 7) is 0.504. The molecule has 122 valence electrons. The van der Waals surface area contributed by atoms with Gasteiger partial charge in [-0.1, -0.05) is 12.8 Å². The molecule has 0 aliphatic heterocycles. The molecule has 1 aliphatic carbocycles. The molecular weight excluding hydrogens is 290 g/mol. The van der Waals surface area contributed by atoms with Crippen molar-refractivity contribution in [1.82, 2.24) is 0 Å². The Morgan fingerprint density at radius 2 is 2.00 bits per heavy atom. The molecule has 0 atom stereocenters. The first kappa shape index (κ1) is 16.4. The maximum Gasteiger partial charge on any atom is 0.381 e. The van der Waals surface area contributed by atoms with Gasteiger partial charge in [-0.3, -0.25) is 0 Å². The van der Waals surface area contributed by atoms with Gasteiger partial charge in [0.25, 0.3) is 0 Å². The van der Waals surface area contributed by atoms with Gasteiger partial charge in [0.05, 0.1) is 32.1 Å². The second kappa shape index (κ2) is 6.83. The highest BCUT2D eigenvalue weighted by molar-refractivity contribution is 5.87. The van der Waals surface area contributed by atoms with E-state index in [1.165, 1.54) is 20.3 Å². The first-order chi connectivity index (χ1) is 10.5. The molecule has 1 N–H and O–H groups in total. The smallest absolute Gasteiger partial charge is 0.381 e. The molecule has 22 heavy (non-hydrogen) atoms. The van der Waals surface area contributed by atoms with Crippen LogP contribution >= 0.6 is 0 Å². The van der Waals surface area contributed by atoms with Gasteiger partial charge in [0.15, 0.2) is 0 Å². The molecule has 0 saturated heterocycles. The lowest BCUT2D eigenvalue weighted by Gasteiger charge is -2.31. The average molecular weight is 311 g/mol. The molecule has 7 heteroatoms. The number of hydrogen-bond acceptors (Lipinski definition) is 7. The van der Waals surface area contributed by atoms with Crippen molar-refractivity contribution in [1.29, 1.82) is 0 Å². The standard InChI is InChI=1S/C15H21NO6/c1-19-9-15(6-4-5-7-15)16-10-8-11(13(17)21-3)22-14(18)12(10)20-2/h8,16H,4-7,9H2,1-3H3. The fraction of sp³-hybridized carbons (Fsp3) is 0.600. The Kier molecular flexibility index (Phi) is 5.07. The molecule has 0 aromatic carbocycles. The van der Waals surface area contributed by atoms with Crippen LogP contribution in [0, 0.1) is 0 Å². The highest BCUT2D eigenvalue weighted by Gasteiger charge is 2.35. The third-order valence-electron chi connectivity index (χ3n) is 3.88. The molecule has 2 rings (SSSR count). The minimum absolute atomic E-state index is 0.0371. The van der Waals surface area contributed by atoms with Crippen LogP contribution in [-0.2, 0) is 9.47 Å². The van der Waals surface area contributed by atoms with E-state index in [2.05, 4.69) is 10.1 Å². The molecule has 1 aromatic heterocycles. The fourth-order valence-electron chi connectivity index (χ4n) is 2.89. The minimum Gasteiger partial charge on any atom is -0.488 e. The Bertz CT molecular complexity index is 588. The Morgan fingerprint density at radius 1 is 1.32 bits per heavy atom. The van der Waals surface area contributed by atoms with Crippen LogP contribution in [0.5, 0.6) is 5.75 Å². The van der Waals surface area contributed by atoms with Gasteiger partial charge in [-0.05, 0) is 12.8 Å². The van der Waals surface area contributed by atoms with Crippen molar-refractivity contribution >= 4 is 11.7 Å². The molecule has 1 fully saturated rings. The molecule has 0 spiro atoms. The number of ether oxygens (including phenoxy) is 3. The number of rotatable bonds is 6. The molecule has 0 unspecified atom stereocenters. The van der Waals surface area contributed by atoms with E-state index in [4.69, 9.17) is 13.9 Å². The fourth-order valence-corrected chi connectivity index (χ4v) is 2.89. The molecule has 0 radical (unpaired) electrons. The molecule has 0 amide bonds. The number of methoxy groups -OCH3 is 3. The number of esters is 1. The van der Waals surface area contributed by atoms with E-state index in [1.807, 2.05) is 0 Å². The summed E-state index contributed by atoms with van der Waals surface area (Å²) in [7, 11) is 4.24. The third kappa shape index (κ3) is 3.24. The summed E-state index contributed by atoms with van der Waals surface area (Å²) in [5.41, 5.74) is -0.583. The van der Waals surface area contributed by atoms with Gasteiger partial charge in [0.1, 0.15) is 0 Å². The van der Waals surface area contributed by atoms with Crippen molar-refractivity contribution in [3.63, 3.8) is 0 Å². The number of carbonyl (C=O) groups excluding carboxylic acids is 1. The molecular formula is C15H21NO6. The van der Waals surface area contributed by atoms with Crippen LogP contribution in [0.3, 0.4) is 0 Å². The van der Waals surface area contributed by atoms with Gasteiger partial charge < -0.3 is 23.9 Å². The van der Waals surface area contributed by atoms with Crippen LogP contribution in [0.1, 0.15) is 36.2 Å². The second-order valence-corrected chi connectivity index (χ2v) is 5.38. The first-order valence-electron chi connectivity index (χ1n) is 7.13. The normalized spacial score (nSPS) is 16.3. The van der Waals surface area contributed by atoms with Gasteiger partial charge in [0.2, 0.25) is 11.5 Å². The molecule has 7 nitrogen and oxygen atoms in total. The molecule has 1 aromatic rings. The largest absolute Gasteiger partial charge is 0.488 e.